The van der Waals surface area contributed by atoms with Gasteiger partial charge in [-0.1, -0.05) is 24.3 Å². The number of ether oxygens (including phenoxy) is 4. The van der Waals surface area contributed by atoms with Gasteiger partial charge in [-0.05, 0) is 55.3 Å². The first-order valence-corrected chi connectivity index (χ1v) is 11.5. The van der Waals surface area contributed by atoms with E-state index in [1.165, 1.54) is 5.56 Å². The van der Waals surface area contributed by atoms with Gasteiger partial charge in [-0.25, -0.2) is 0 Å². The zero-order valence-corrected chi connectivity index (χ0v) is 20.0. The summed E-state index contributed by atoms with van der Waals surface area (Å²) in [6.07, 6.45) is 0.868. The predicted molar refractivity (Wildman–Crippen MR) is 133 cm³/mol. The number of fused-ring (bicyclic) bond motifs is 3. The van der Waals surface area contributed by atoms with Crippen LogP contribution in [0.2, 0.25) is 0 Å². The second kappa shape index (κ2) is 9.72. The number of hydrogen-bond donors (Lipinski definition) is 0. The van der Waals surface area contributed by atoms with Crippen LogP contribution in [0.4, 0.5) is 0 Å². The Balaban J connectivity index is 1.41. The molecule has 0 fully saturated rings. The first kappa shape index (κ1) is 22.8. The van der Waals surface area contributed by atoms with Crippen LogP contribution in [0, 0.1) is 6.92 Å². The molecule has 0 aliphatic carbocycles. The molecule has 180 valence electrons. The van der Waals surface area contributed by atoms with Crippen molar-refractivity contribution in [3.63, 3.8) is 0 Å². The van der Waals surface area contributed by atoms with Crippen molar-refractivity contribution in [2.45, 2.75) is 19.9 Å². The molecule has 1 aliphatic heterocycles. The van der Waals surface area contributed by atoms with Gasteiger partial charge in [0.05, 0.1) is 25.2 Å². The van der Waals surface area contributed by atoms with Gasteiger partial charge in [0, 0.05) is 13.1 Å². The van der Waals surface area contributed by atoms with Gasteiger partial charge in [-0.15, -0.1) is 0 Å². The summed E-state index contributed by atoms with van der Waals surface area (Å²) in [6.45, 7) is 3.64. The third kappa shape index (κ3) is 4.55. The van der Waals surface area contributed by atoms with Gasteiger partial charge in [0.2, 0.25) is 11.2 Å². The average molecular weight is 474 g/mol. The quantitative estimate of drug-likeness (QED) is 0.360. The van der Waals surface area contributed by atoms with Crippen molar-refractivity contribution in [1.82, 2.24) is 4.90 Å². The summed E-state index contributed by atoms with van der Waals surface area (Å²) in [7, 11) is 3.22. The van der Waals surface area contributed by atoms with Gasteiger partial charge < -0.3 is 23.4 Å². The van der Waals surface area contributed by atoms with Crippen LogP contribution in [-0.4, -0.2) is 32.4 Å². The van der Waals surface area contributed by atoms with E-state index in [1.807, 2.05) is 30.3 Å². The van der Waals surface area contributed by atoms with Gasteiger partial charge in [0.15, 0.2) is 11.5 Å². The van der Waals surface area contributed by atoms with Crippen LogP contribution < -0.4 is 24.4 Å². The Morgan fingerprint density at radius 2 is 1.71 bits per heavy atom. The standard InChI is InChI=1S/C28H27NO6/c1-18-27(35-25-7-5-4-6-24(25)32-3)26(30)21-12-13-23-22(28(21)34-18)16-29(17-33-23)15-14-19-8-10-20(31-2)11-9-19/h4-13H,14-17H2,1-3H3. The molecule has 2 heterocycles. The molecule has 0 spiro atoms. The highest BCUT2D eigenvalue weighted by Crippen LogP contribution is 2.36. The molecular formula is C28H27NO6. The molecule has 4 aromatic rings. The summed E-state index contributed by atoms with van der Waals surface area (Å²) in [5.74, 6) is 3.12. The Morgan fingerprint density at radius 1 is 0.943 bits per heavy atom. The van der Waals surface area contributed by atoms with Gasteiger partial charge in [0.25, 0.3) is 0 Å². The van der Waals surface area contributed by atoms with Crippen molar-refractivity contribution < 1.29 is 23.4 Å². The molecular weight excluding hydrogens is 446 g/mol. The summed E-state index contributed by atoms with van der Waals surface area (Å²) >= 11 is 0. The highest BCUT2D eigenvalue weighted by molar-refractivity contribution is 5.83. The number of methoxy groups -OCH3 is 2. The van der Waals surface area contributed by atoms with Gasteiger partial charge in [-0.2, -0.15) is 0 Å². The second-order valence-corrected chi connectivity index (χ2v) is 8.41. The smallest absolute Gasteiger partial charge is 0.235 e. The molecule has 7 heteroatoms. The van der Waals surface area contributed by atoms with Crippen LogP contribution in [0.15, 0.2) is 69.9 Å². The second-order valence-electron chi connectivity index (χ2n) is 8.41. The lowest BCUT2D eigenvalue weighted by atomic mass is 10.1. The third-order valence-electron chi connectivity index (χ3n) is 6.18. The maximum atomic E-state index is 13.4. The van der Waals surface area contributed by atoms with E-state index in [4.69, 9.17) is 23.4 Å². The lowest BCUT2D eigenvalue weighted by Crippen LogP contribution is -2.33. The van der Waals surface area contributed by atoms with Gasteiger partial charge in [0.1, 0.15) is 29.6 Å². The maximum Gasteiger partial charge on any atom is 0.235 e. The van der Waals surface area contributed by atoms with E-state index in [0.717, 1.165) is 30.0 Å². The highest BCUT2D eigenvalue weighted by atomic mass is 16.5. The van der Waals surface area contributed by atoms with Gasteiger partial charge in [-0.3, -0.25) is 9.69 Å². The minimum atomic E-state index is -0.229. The summed E-state index contributed by atoms with van der Waals surface area (Å²) in [5, 5.41) is 0.458. The molecule has 0 saturated carbocycles. The number of nitrogens with zero attached hydrogens (tertiary/aromatic N) is 1. The molecule has 5 rings (SSSR count). The van der Waals surface area contributed by atoms with Crippen molar-refractivity contribution in [1.29, 1.82) is 0 Å². The Bertz CT molecular complexity index is 1410. The summed E-state index contributed by atoms with van der Waals surface area (Å²) in [4.78, 5) is 15.6. The van der Waals surface area contributed by atoms with Crippen molar-refractivity contribution in [2.75, 3.05) is 27.5 Å². The lowest BCUT2D eigenvalue weighted by Gasteiger charge is -2.29. The van der Waals surface area contributed by atoms with E-state index in [9.17, 15) is 4.79 Å². The van der Waals surface area contributed by atoms with Crippen LogP contribution in [-0.2, 0) is 13.0 Å². The SMILES string of the molecule is COc1ccc(CCN2COc3ccc4c(=O)c(Oc5ccccc5OC)c(C)oc4c3C2)cc1. The monoisotopic (exact) mass is 473 g/mol. The molecule has 0 bridgehead atoms. The van der Waals surface area contributed by atoms with Crippen molar-refractivity contribution >= 4 is 11.0 Å². The first-order valence-electron chi connectivity index (χ1n) is 11.5. The predicted octanol–water partition coefficient (Wildman–Crippen LogP) is 5.31. The normalized spacial score (nSPS) is 13.2. The fraction of sp³-hybridized carbons (Fsp3) is 0.250. The molecule has 0 atom stereocenters. The van der Waals surface area contributed by atoms with Crippen molar-refractivity contribution in [3.05, 3.63) is 87.8 Å². The molecule has 0 unspecified atom stereocenters. The number of benzene rings is 3. The maximum absolute atomic E-state index is 13.4. The topological polar surface area (TPSA) is 70.4 Å². The zero-order valence-electron chi connectivity index (χ0n) is 20.0. The Labute approximate surface area is 203 Å². The minimum Gasteiger partial charge on any atom is -0.497 e. The fourth-order valence-corrected chi connectivity index (χ4v) is 4.26. The minimum absolute atomic E-state index is 0.148. The first-order chi connectivity index (χ1) is 17.1. The molecule has 0 saturated heterocycles. The molecule has 3 aromatic carbocycles. The van der Waals surface area contributed by atoms with E-state index in [2.05, 4.69) is 17.0 Å². The van der Waals surface area contributed by atoms with Gasteiger partial charge >= 0.3 is 0 Å². The van der Waals surface area contributed by atoms with Crippen molar-refractivity contribution in [3.8, 4) is 28.7 Å². The number of rotatable bonds is 7. The Morgan fingerprint density at radius 3 is 2.46 bits per heavy atom. The van der Waals surface area contributed by atoms with Crippen molar-refractivity contribution in [2.24, 2.45) is 0 Å². The molecule has 0 N–H and O–H groups in total. The number of hydrogen-bond acceptors (Lipinski definition) is 7. The fourth-order valence-electron chi connectivity index (χ4n) is 4.26. The third-order valence-corrected chi connectivity index (χ3v) is 6.18. The summed E-state index contributed by atoms with van der Waals surface area (Å²) < 4.78 is 28.7. The highest BCUT2D eigenvalue weighted by Gasteiger charge is 2.24. The number of para-hydroxylation sites is 2. The van der Waals surface area contributed by atoms with E-state index in [0.29, 0.717) is 41.5 Å². The molecule has 1 aliphatic rings. The molecule has 7 nitrogen and oxygen atoms in total. The Hall–Kier alpha value is -3.97. The summed E-state index contributed by atoms with van der Waals surface area (Å²) in [5.41, 5.74) is 2.39. The Kier molecular flexibility index (Phi) is 6.33. The number of aryl methyl sites for hydroxylation is 1. The largest absolute Gasteiger partial charge is 0.497 e. The molecule has 1 aromatic heterocycles. The van der Waals surface area contributed by atoms with Crippen LogP contribution in [0.1, 0.15) is 16.9 Å². The lowest BCUT2D eigenvalue weighted by molar-refractivity contribution is 0.0967. The molecule has 35 heavy (non-hydrogen) atoms. The van der Waals surface area contributed by atoms with Crippen LogP contribution in [0.25, 0.3) is 11.0 Å². The van der Waals surface area contributed by atoms with Crippen LogP contribution in [0.5, 0.6) is 28.7 Å². The molecule has 0 amide bonds. The van der Waals surface area contributed by atoms with E-state index >= 15 is 0 Å². The van der Waals surface area contributed by atoms with E-state index in [1.54, 1.807) is 39.3 Å². The van der Waals surface area contributed by atoms with E-state index < -0.39 is 0 Å². The zero-order chi connectivity index (χ0) is 24.4. The van der Waals surface area contributed by atoms with E-state index in [-0.39, 0.29) is 11.2 Å². The average Bonchev–Trinajstić information content (AvgIpc) is 2.90. The molecule has 0 radical (unpaired) electrons. The van der Waals surface area contributed by atoms with Crippen LogP contribution >= 0.6 is 0 Å². The van der Waals surface area contributed by atoms with Crippen LogP contribution in [0.3, 0.4) is 0 Å². The summed E-state index contributed by atoms with van der Waals surface area (Å²) in [6, 6.07) is 18.8.